The highest BCUT2D eigenvalue weighted by molar-refractivity contribution is 7.92. The average Bonchev–Trinajstić information content (AvgIpc) is 2.77. The third-order valence-electron chi connectivity index (χ3n) is 5.35. The van der Waals surface area contributed by atoms with Crippen molar-refractivity contribution in [1.82, 2.24) is 10.2 Å². The molecule has 0 spiro atoms. The number of nitrogens with zero attached hydrogens (tertiary/aromatic N) is 2. The van der Waals surface area contributed by atoms with Crippen molar-refractivity contribution < 1.29 is 22.4 Å². The summed E-state index contributed by atoms with van der Waals surface area (Å²) in [6.45, 7) is 5.80. The Morgan fingerprint density at radius 1 is 1.06 bits per heavy atom. The molecule has 0 aromatic heterocycles. The van der Waals surface area contributed by atoms with Gasteiger partial charge in [0.1, 0.15) is 11.9 Å². The van der Waals surface area contributed by atoms with E-state index in [9.17, 15) is 22.4 Å². The smallest absolute Gasteiger partial charge is 0.243 e. The van der Waals surface area contributed by atoms with Crippen molar-refractivity contribution in [3.05, 3.63) is 64.9 Å². The first-order chi connectivity index (χ1) is 16.4. The summed E-state index contributed by atoms with van der Waals surface area (Å²) >= 11 is 5.98. The molecule has 192 valence electrons. The first-order valence-corrected chi connectivity index (χ1v) is 13.7. The molecule has 0 fully saturated rings. The number of amides is 2. The van der Waals surface area contributed by atoms with Crippen LogP contribution in [0.25, 0.3) is 0 Å². The molecule has 2 rings (SSSR count). The van der Waals surface area contributed by atoms with Crippen LogP contribution in [0.2, 0.25) is 5.02 Å². The predicted molar refractivity (Wildman–Crippen MR) is 137 cm³/mol. The Balaban J connectivity index is 2.20. The van der Waals surface area contributed by atoms with Gasteiger partial charge >= 0.3 is 0 Å². The number of benzene rings is 2. The maximum Gasteiger partial charge on any atom is 0.243 e. The van der Waals surface area contributed by atoms with Gasteiger partial charge in [0.15, 0.2) is 0 Å². The minimum atomic E-state index is -3.64. The van der Waals surface area contributed by atoms with E-state index in [4.69, 9.17) is 11.6 Å². The number of sulfonamides is 1. The van der Waals surface area contributed by atoms with Crippen LogP contribution in [-0.2, 0) is 26.2 Å². The Morgan fingerprint density at radius 2 is 1.66 bits per heavy atom. The number of carbonyl (C=O) groups excluding carboxylic acids is 2. The van der Waals surface area contributed by atoms with Crippen molar-refractivity contribution in [3.8, 4) is 0 Å². The molecule has 0 saturated carbocycles. The van der Waals surface area contributed by atoms with Crippen molar-refractivity contribution in [2.24, 2.45) is 0 Å². The lowest BCUT2D eigenvalue weighted by molar-refractivity contribution is -0.141. The summed E-state index contributed by atoms with van der Waals surface area (Å²) in [6, 6.07) is 11.4. The Kier molecular flexibility index (Phi) is 10.5. The molecule has 0 aliphatic carbocycles. The molecule has 7 nitrogen and oxygen atoms in total. The summed E-state index contributed by atoms with van der Waals surface area (Å²) < 4.78 is 39.1. The zero-order valence-electron chi connectivity index (χ0n) is 20.5. The van der Waals surface area contributed by atoms with Crippen molar-refractivity contribution in [2.45, 2.75) is 58.7 Å². The second kappa shape index (κ2) is 12.9. The highest BCUT2D eigenvalue weighted by atomic mass is 35.5. The minimum absolute atomic E-state index is 0.0340. The molecular weight excluding hydrogens is 493 g/mol. The Labute approximate surface area is 212 Å². The lowest BCUT2D eigenvalue weighted by Gasteiger charge is -2.31. The summed E-state index contributed by atoms with van der Waals surface area (Å²) in [5.74, 6) is -0.979. The maximum atomic E-state index is 13.3. The monoisotopic (exact) mass is 525 g/mol. The van der Waals surface area contributed by atoms with Crippen LogP contribution in [0.4, 0.5) is 10.1 Å². The molecular formula is C25H33ClFN3O4S. The molecule has 35 heavy (non-hydrogen) atoms. The maximum absolute atomic E-state index is 13.3. The molecule has 0 heterocycles. The lowest BCUT2D eigenvalue weighted by Crippen LogP contribution is -2.50. The van der Waals surface area contributed by atoms with Gasteiger partial charge in [0.05, 0.1) is 11.9 Å². The number of halogens is 2. The average molecular weight is 526 g/mol. The first-order valence-electron chi connectivity index (χ1n) is 11.5. The molecule has 1 N–H and O–H groups in total. The summed E-state index contributed by atoms with van der Waals surface area (Å²) in [5.41, 5.74) is 1.14. The van der Waals surface area contributed by atoms with E-state index < -0.39 is 21.9 Å². The van der Waals surface area contributed by atoms with Crippen LogP contribution in [0, 0.1) is 5.82 Å². The van der Waals surface area contributed by atoms with Gasteiger partial charge in [-0.2, -0.15) is 0 Å². The summed E-state index contributed by atoms with van der Waals surface area (Å²) in [7, 11) is -3.64. The van der Waals surface area contributed by atoms with E-state index in [0.717, 1.165) is 16.1 Å². The van der Waals surface area contributed by atoms with E-state index >= 15 is 0 Å². The minimum Gasteiger partial charge on any atom is -0.352 e. The molecule has 0 saturated heterocycles. The lowest BCUT2D eigenvalue weighted by atomic mass is 10.1. The molecule has 1 atom stereocenters. The van der Waals surface area contributed by atoms with Crippen LogP contribution in [0.1, 0.15) is 45.6 Å². The van der Waals surface area contributed by atoms with E-state index in [1.54, 1.807) is 24.3 Å². The van der Waals surface area contributed by atoms with Gasteiger partial charge in [0.25, 0.3) is 0 Å². The van der Waals surface area contributed by atoms with Crippen LogP contribution in [0.5, 0.6) is 0 Å². The van der Waals surface area contributed by atoms with Crippen LogP contribution in [0.15, 0.2) is 48.5 Å². The van der Waals surface area contributed by atoms with Gasteiger partial charge in [-0.15, -0.1) is 0 Å². The van der Waals surface area contributed by atoms with Crippen molar-refractivity contribution in [3.63, 3.8) is 0 Å². The fourth-order valence-electron chi connectivity index (χ4n) is 3.70. The molecule has 2 aromatic rings. The third kappa shape index (κ3) is 8.81. The van der Waals surface area contributed by atoms with E-state index in [-0.39, 0.29) is 43.8 Å². The van der Waals surface area contributed by atoms with Gasteiger partial charge in [0.2, 0.25) is 21.8 Å². The van der Waals surface area contributed by atoms with Gasteiger partial charge in [-0.25, -0.2) is 12.8 Å². The number of nitrogens with one attached hydrogen (secondary N) is 1. The zero-order chi connectivity index (χ0) is 26.2. The Bertz CT molecular complexity index is 1090. The fourth-order valence-corrected chi connectivity index (χ4v) is 4.79. The first kappa shape index (κ1) is 28.6. The topological polar surface area (TPSA) is 86.8 Å². The van der Waals surface area contributed by atoms with Crippen molar-refractivity contribution in [1.29, 1.82) is 0 Å². The number of anilines is 1. The zero-order valence-corrected chi connectivity index (χ0v) is 22.1. The van der Waals surface area contributed by atoms with Crippen LogP contribution in [0.3, 0.4) is 0 Å². The van der Waals surface area contributed by atoms with Crippen molar-refractivity contribution >= 4 is 39.1 Å². The predicted octanol–water partition coefficient (Wildman–Crippen LogP) is 4.36. The number of carbonyl (C=O) groups is 2. The Hall–Kier alpha value is -2.65. The number of rotatable bonds is 12. The quantitative estimate of drug-likeness (QED) is 0.446. The molecule has 0 aliphatic rings. The van der Waals surface area contributed by atoms with Gasteiger partial charge in [0, 0.05) is 30.6 Å². The molecule has 2 aromatic carbocycles. The summed E-state index contributed by atoms with van der Waals surface area (Å²) in [4.78, 5) is 27.7. The van der Waals surface area contributed by atoms with Crippen LogP contribution in [-0.4, -0.2) is 50.0 Å². The molecule has 0 radical (unpaired) electrons. The second-order valence-electron chi connectivity index (χ2n) is 8.65. The molecule has 0 bridgehead atoms. The van der Waals surface area contributed by atoms with E-state index in [1.165, 1.54) is 29.2 Å². The summed E-state index contributed by atoms with van der Waals surface area (Å²) in [5, 5.41) is 3.44. The van der Waals surface area contributed by atoms with Crippen LogP contribution < -0.4 is 9.62 Å². The Morgan fingerprint density at radius 3 is 2.17 bits per heavy atom. The van der Waals surface area contributed by atoms with Gasteiger partial charge < -0.3 is 10.2 Å². The normalized spacial score (nSPS) is 12.3. The summed E-state index contributed by atoms with van der Waals surface area (Å²) in [6.07, 6.45) is 1.74. The van der Waals surface area contributed by atoms with Gasteiger partial charge in [-0.3, -0.25) is 13.9 Å². The molecule has 10 heteroatoms. The van der Waals surface area contributed by atoms with Gasteiger partial charge in [-0.1, -0.05) is 30.7 Å². The van der Waals surface area contributed by atoms with E-state index in [0.29, 0.717) is 17.1 Å². The second-order valence-corrected chi connectivity index (χ2v) is 11.0. The number of hydrogen-bond acceptors (Lipinski definition) is 4. The third-order valence-corrected chi connectivity index (χ3v) is 6.80. The largest absolute Gasteiger partial charge is 0.352 e. The van der Waals surface area contributed by atoms with Crippen LogP contribution >= 0.6 is 11.6 Å². The SMILES string of the molecule is CC[C@H](C(=O)NC(C)C)N(Cc1ccc(Cl)cc1)C(=O)CCCN(c1ccc(F)cc1)S(C)(=O)=O. The highest BCUT2D eigenvalue weighted by Gasteiger charge is 2.29. The molecule has 2 amide bonds. The van der Waals surface area contributed by atoms with Crippen molar-refractivity contribution in [2.75, 3.05) is 17.1 Å². The fraction of sp³-hybridized carbons (Fsp3) is 0.440. The molecule has 0 aliphatic heterocycles. The van der Waals surface area contributed by atoms with Gasteiger partial charge in [-0.05, 0) is 68.7 Å². The standard InChI is InChI=1S/C25H33ClFN3O4S/c1-5-23(25(32)28-18(2)3)29(17-19-8-10-20(26)11-9-19)24(31)7-6-16-30(35(4,33)34)22-14-12-21(27)13-15-22/h8-15,18,23H,5-7,16-17H2,1-4H3,(H,28,32)/t23-/m1/s1. The van der Waals surface area contributed by atoms with E-state index in [1.807, 2.05) is 20.8 Å². The van der Waals surface area contributed by atoms with E-state index in [2.05, 4.69) is 5.32 Å². The highest BCUT2D eigenvalue weighted by Crippen LogP contribution is 2.20. The molecule has 0 unspecified atom stereocenters. The number of hydrogen-bond donors (Lipinski definition) is 1.